The van der Waals surface area contributed by atoms with Gasteiger partial charge in [0.15, 0.2) is 0 Å². The number of methoxy groups -OCH3 is 1. The number of benzene rings is 2. The second-order valence-corrected chi connectivity index (χ2v) is 5.38. The van der Waals surface area contributed by atoms with Crippen LogP contribution in [0.2, 0.25) is 0 Å². The standard InChI is InChI=1S/C17H20N2O2.ClH/c1-21-16-9-8-15(13-6-2-3-7-14(13)16)17(20)19-12-5-4-10-18-11-12;/h2-3,6-9,12,18H,4-5,10-11H2,1H3,(H,19,20);1H. The molecule has 118 valence electrons. The van der Waals surface area contributed by atoms with E-state index in [9.17, 15) is 4.79 Å². The minimum atomic E-state index is -0.0115. The number of rotatable bonds is 3. The van der Waals surface area contributed by atoms with Gasteiger partial charge in [0.2, 0.25) is 0 Å². The largest absolute Gasteiger partial charge is 0.496 e. The van der Waals surface area contributed by atoms with Crippen LogP contribution >= 0.6 is 12.4 Å². The molecule has 0 spiro atoms. The van der Waals surface area contributed by atoms with E-state index in [-0.39, 0.29) is 24.4 Å². The van der Waals surface area contributed by atoms with Crippen molar-refractivity contribution in [1.82, 2.24) is 10.6 Å². The molecule has 1 saturated heterocycles. The third kappa shape index (κ3) is 3.34. The number of ether oxygens (including phenoxy) is 1. The normalized spacial score (nSPS) is 17.6. The SMILES string of the molecule is COc1ccc(C(=O)NC2CCCNC2)c2ccccc12.Cl. The van der Waals surface area contributed by atoms with E-state index in [2.05, 4.69) is 10.6 Å². The quantitative estimate of drug-likeness (QED) is 0.914. The summed E-state index contributed by atoms with van der Waals surface area (Å²) in [5.41, 5.74) is 0.706. The summed E-state index contributed by atoms with van der Waals surface area (Å²) in [5.74, 6) is 0.782. The van der Waals surface area contributed by atoms with Crippen LogP contribution in [-0.2, 0) is 0 Å². The molecule has 22 heavy (non-hydrogen) atoms. The molecule has 4 nitrogen and oxygen atoms in total. The zero-order valence-corrected chi connectivity index (χ0v) is 13.4. The number of carbonyl (C=O) groups excluding carboxylic acids is 1. The molecule has 1 amide bonds. The van der Waals surface area contributed by atoms with Gasteiger partial charge < -0.3 is 15.4 Å². The van der Waals surface area contributed by atoms with Crippen molar-refractivity contribution in [3.63, 3.8) is 0 Å². The topological polar surface area (TPSA) is 50.4 Å². The van der Waals surface area contributed by atoms with Gasteiger partial charge in [0.05, 0.1) is 7.11 Å². The van der Waals surface area contributed by atoms with Gasteiger partial charge in [-0.3, -0.25) is 4.79 Å². The fourth-order valence-corrected chi connectivity index (χ4v) is 2.89. The lowest BCUT2D eigenvalue weighted by Gasteiger charge is -2.24. The van der Waals surface area contributed by atoms with Gasteiger partial charge in [0.1, 0.15) is 5.75 Å². The zero-order valence-electron chi connectivity index (χ0n) is 12.6. The van der Waals surface area contributed by atoms with E-state index in [1.54, 1.807) is 7.11 Å². The molecule has 1 aliphatic heterocycles. The lowest BCUT2D eigenvalue weighted by molar-refractivity contribution is 0.0932. The molecular weight excluding hydrogens is 300 g/mol. The second-order valence-electron chi connectivity index (χ2n) is 5.38. The number of fused-ring (bicyclic) bond motifs is 1. The van der Waals surface area contributed by atoms with E-state index < -0.39 is 0 Å². The summed E-state index contributed by atoms with van der Waals surface area (Å²) in [5, 5.41) is 8.33. The van der Waals surface area contributed by atoms with E-state index in [0.717, 1.165) is 42.5 Å². The summed E-state index contributed by atoms with van der Waals surface area (Å²) in [7, 11) is 1.65. The molecule has 1 atom stereocenters. The Labute approximate surface area is 136 Å². The van der Waals surface area contributed by atoms with Crippen LogP contribution < -0.4 is 15.4 Å². The van der Waals surface area contributed by atoms with Gasteiger partial charge in [-0.2, -0.15) is 0 Å². The van der Waals surface area contributed by atoms with Gasteiger partial charge in [0, 0.05) is 23.5 Å². The number of hydrogen-bond donors (Lipinski definition) is 2. The van der Waals surface area contributed by atoms with Crippen LogP contribution in [0.3, 0.4) is 0 Å². The van der Waals surface area contributed by atoms with Gasteiger partial charge in [-0.05, 0) is 36.9 Å². The predicted octanol–water partition coefficient (Wildman–Crippen LogP) is 2.75. The minimum absolute atomic E-state index is 0. The molecule has 2 aromatic rings. The fraction of sp³-hybridized carbons (Fsp3) is 0.353. The van der Waals surface area contributed by atoms with E-state index >= 15 is 0 Å². The van der Waals surface area contributed by atoms with Crippen molar-refractivity contribution < 1.29 is 9.53 Å². The first kappa shape index (κ1) is 16.6. The van der Waals surface area contributed by atoms with Crippen LogP contribution in [0.15, 0.2) is 36.4 Å². The van der Waals surface area contributed by atoms with Crippen molar-refractivity contribution in [2.24, 2.45) is 0 Å². The molecule has 0 bridgehead atoms. The van der Waals surface area contributed by atoms with Gasteiger partial charge in [-0.15, -0.1) is 12.4 Å². The van der Waals surface area contributed by atoms with Gasteiger partial charge >= 0.3 is 0 Å². The summed E-state index contributed by atoms with van der Waals surface area (Å²) in [4.78, 5) is 12.5. The lowest BCUT2D eigenvalue weighted by Crippen LogP contribution is -2.45. The van der Waals surface area contributed by atoms with E-state index in [1.165, 1.54) is 0 Å². The summed E-state index contributed by atoms with van der Waals surface area (Å²) < 4.78 is 5.37. The highest BCUT2D eigenvalue weighted by atomic mass is 35.5. The van der Waals surface area contributed by atoms with Crippen molar-refractivity contribution in [3.05, 3.63) is 42.0 Å². The van der Waals surface area contributed by atoms with Crippen molar-refractivity contribution in [2.45, 2.75) is 18.9 Å². The molecule has 1 fully saturated rings. The van der Waals surface area contributed by atoms with Crippen LogP contribution in [-0.4, -0.2) is 32.1 Å². The number of carbonyl (C=O) groups is 1. The Hall–Kier alpha value is -1.78. The average molecular weight is 321 g/mol. The molecule has 1 heterocycles. The minimum Gasteiger partial charge on any atom is -0.496 e. The summed E-state index contributed by atoms with van der Waals surface area (Å²) >= 11 is 0. The fourth-order valence-electron chi connectivity index (χ4n) is 2.89. The van der Waals surface area contributed by atoms with Crippen molar-refractivity contribution in [3.8, 4) is 5.75 Å². The van der Waals surface area contributed by atoms with E-state index in [4.69, 9.17) is 4.74 Å². The van der Waals surface area contributed by atoms with Crippen LogP contribution in [0.1, 0.15) is 23.2 Å². The van der Waals surface area contributed by atoms with Crippen molar-refractivity contribution >= 4 is 29.1 Å². The van der Waals surface area contributed by atoms with Crippen LogP contribution in [0.5, 0.6) is 5.75 Å². The maximum absolute atomic E-state index is 12.5. The van der Waals surface area contributed by atoms with Crippen LogP contribution in [0.25, 0.3) is 10.8 Å². The van der Waals surface area contributed by atoms with Crippen LogP contribution in [0, 0.1) is 0 Å². The summed E-state index contributed by atoms with van der Waals surface area (Å²) in [6, 6.07) is 11.8. The Kier molecular flexibility index (Phi) is 5.63. The van der Waals surface area contributed by atoms with Crippen molar-refractivity contribution in [1.29, 1.82) is 0 Å². The monoisotopic (exact) mass is 320 g/mol. The van der Waals surface area contributed by atoms with Gasteiger partial charge in [-0.1, -0.05) is 24.3 Å². The first-order valence-electron chi connectivity index (χ1n) is 7.37. The Morgan fingerprint density at radius 2 is 2.00 bits per heavy atom. The molecule has 1 aliphatic rings. The van der Waals surface area contributed by atoms with Gasteiger partial charge in [0.25, 0.3) is 5.91 Å². The number of halogens is 1. The molecule has 0 aromatic heterocycles. The Balaban J connectivity index is 0.00000176. The second kappa shape index (κ2) is 7.47. The molecule has 5 heteroatoms. The zero-order chi connectivity index (χ0) is 14.7. The van der Waals surface area contributed by atoms with Crippen LogP contribution in [0.4, 0.5) is 0 Å². The highest BCUT2D eigenvalue weighted by Gasteiger charge is 2.18. The highest BCUT2D eigenvalue weighted by molar-refractivity contribution is 6.08. The van der Waals surface area contributed by atoms with E-state index in [1.807, 2.05) is 36.4 Å². The smallest absolute Gasteiger partial charge is 0.252 e. The Bertz CT molecular complexity index is 654. The number of amides is 1. The first-order chi connectivity index (χ1) is 10.3. The molecular formula is C17H21ClN2O2. The maximum atomic E-state index is 12.5. The van der Waals surface area contributed by atoms with Gasteiger partial charge in [-0.25, -0.2) is 0 Å². The molecule has 2 N–H and O–H groups in total. The molecule has 1 unspecified atom stereocenters. The number of nitrogens with one attached hydrogen (secondary N) is 2. The maximum Gasteiger partial charge on any atom is 0.252 e. The third-order valence-electron chi connectivity index (χ3n) is 3.98. The molecule has 2 aromatic carbocycles. The summed E-state index contributed by atoms with van der Waals surface area (Å²) in [6.07, 6.45) is 2.14. The number of hydrogen-bond acceptors (Lipinski definition) is 3. The Morgan fingerprint density at radius 1 is 1.23 bits per heavy atom. The lowest BCUT2D eigenvalue weighted by atomic mass is 10.0. The molecule has 0 saturated carbocycles. The van der Waals surface area contributed by atoms with Crippen molar-refractivity contribution in [2.75, 3.05) is 20.2 Å². The van der Waals surface area contributed by atoms with E-state index in [0.29, 0.717) is 5.56 Å². The molecule has 3 rings (SSSR count). The average Bonchev–Trinajstić information content (AvgIpc) is 2.54. The third-order valence-corrected chi connectivity index (χ3v) is 3.98. The predicted molar refractivity (Wildman–Crippen MR) is 91.1 cm³/mol. The molecule has 0 aliphatic carbocycles. The highest BCUT2D eigenvalue weighted by Crippen LogP contribution is 2.28. The molecule has 0 radical (unpaired) electrons. The number of piperidine rings is 1. The first-order valence-corrected chi connectivity index (χ1v) is 7.37. The Morgan fingerprint density at radius 3 is 2.68 bits per heavy atom. The summed E-state index contributed by atoms with van der Waals surface area (Å²) in [6.45, 7) is 1.89.